The second-order valence-corrected chi connectivity index (χ2v) is 6.87. The van der Waals surface area contributed by atoms with Crippen molar-refractivity contribution in [2.75, 3.05) is 12.8 Å². The van der Waals surface area contributed by atoms with E-state index in [2.05, 4.69) is 15.1 Å². The molecule has 2 heterocycles. The predicted octanol–water partition coefficient (Wildman–Crippen LogP) is 2.83. The van der Waals surface area contributed by atoms with Gasteiger partial charge in [-0.2, -0.15) is 9.50 Å². The summed E-state index contributed by atoms with van der Waals surface area (Å²) in [5.41, 5.74) is 8.75. The minimum absolute atomic E-state index is 0.0681. The number of fused-ring (bicyclic) bond motifs is 1. The smallest absolute Gasteiger partial charge is 0.254 e. The fourth-order valence-electron chi connectivity index (χ4n) is 2.78. The molecule has 0 spiro atoms. The van der Waals surface area contributed by atoms with Gasteiger partial charge in [-0.25, -0.2) is 4.98 Å². The Labute approximate surface area is 160 Å². The molecule has 3 rings (SSSR count). The lowest BCUT2D eigenvalue weighted by atomic mass is 10.1. The molecular weight excluding hydrogens is 375 g/mol. The zero-order chi connectivity index (χ0) is 19.0. The highest BCUT2D eigenvalue weighted by Crippen LogP contribution is 2.26. The Bertz CT molecular complexity index is 1000. The van der Waals surface area contributed by atoms with E-state index in [1.165, 1.54) is 0 Å². The summed E-state index contributed by atoms with van der Waals surface area (Å²) in [6, 6.07) is 5.37. The molecule has 0 radical (unpaired) electrons. The van der Waals surface area contributed by atoms with E-state index in [1.54, 1.807) is 22.5 Å². The first-order valence-corrected chi connectivity index (χ1v) is 8.68. The summed E-state index contributed by atoms with van der Waals surface area (Å²) in [4.78, 5) is 22.8. The number of halogens is 2. The second kappa shape index (κ2) is 7.09. The van der Waals surface area contributed by atoms with Crippen molar-refractivity contribution in [1.82, 2.24) is 24.5 Å². The molecule has 0 aliphatic carbocycles. The van der Waals surface area contributed by atoms with Gasteiger partial charge in [0.25, 0.3) is 5.78 Å². The van der Waals surface area contributed by atoms with Crippen molar-refractivity contribution in [3.05, 3.63) is 50.8 Å². The van der Waals surface area contributed by atoms with E-state index in [1.807, 2.05) is 26.0 Å². The molecule has 0 aliphatic heterocycles. The van der Waals surface area contributed by atoms with Crippen LogP contribution in [0.2, 0.25) is 10.0 Å². The second-order valence-electron chi connectivity index (χ2n) is 6.08. The predicted molar refractivity (Wildman–Crippen MR) is 101 cm³/mol. The molecule has 26 heavy (non-hydrogen) atoms. The molecule has 0 saturated heterocycles. The van der Waals surface area contributed by atoms with Crippen molar-refractivity contribution in [1.29, 1.82) is 0 Å². The molecule has 3 aromatic rings. The van der Waals surface area contributed by atoms with Crippen molar-refractivity contribution in [2.24, 2.45) is 0 Å². The first-order chi connectivity index (χ1) is 12.3. The lowest BCUT2D eigenvalue weighted by Gasteiger charge is -2.19. The minimum Gasteiger partial charge on any atom is -0.366 e. The summed E-state index contributed by atoms with van der Waals surface area (Å²) in [6.07, 6.45) is 0.190. The Morgan fingerprint density at radius 1 is 1.27 bits per heavy atom. The monoisotopic (exact) mass is 392 g/mol. The van der Waals surface area contributed by atoms with Crippen LogP contribution in [0.5, 0.6) is 0 Å². The van der Waals surface area contributed by atoms with Gasteiger partial charge in [0.15, 0.2) is 0 Å². The Morgan fingerprint density at radius 3 is 2.73 bits per heavy atom. The number of aryl methyl sites for hydroxylation is 2. The number of carbonyl (C=O) groups is 1. The molecule has 136 valence electrons. The van der Waals surface area contributed by atoms with Gasteiger partial charge in [0, 0.05) is 30.5 Å². The maximum Gasteiger partial charge on any atom is 0.254 e. The average Bonchev–Trinajstić information content (AvgIpc) is 2.95. The number of aromatic nitrogens is 4. The average molecular weight is 393 g/mol. The Hall–Kier alpha value is -2.38. The van der Waals surface area contributed by atoms with E-state index in [0.29, 0.717) is 22.4 Å². The zero-order valence-corrected chi connectivity index (χ0v) is 16.1. The molecule has 0 unspecified atom stereocenters. The molecular formula is C17H18Cl2N6O. The van der Waals surface area contributed by atoms with Gasteiger partial charge >= 0.3 is 0 Å². The first kappa shape index (κ1) is 18.4. The molecule has 0 atom stereocenters. The molecule has 2 N–H and O–H groups in total. The summed E-state index contributed by atoms with van der Waals surface area (Å²) in [5.74, 6) is 0.505. The van der Waals surface area contributed by atoms with Gasteiger partial charge in [0.05, 0.1) is 16.5 Å². The molecule has 0 saturated carbocycles. The molecule has 7 nitrogen and oxygen atoms in total. The van der Waals surface area contributed by atoms with E-state index in [9.17, 15) is 4.79 Å². The maximum absolute atomic E-state index is 12.7. The van der Waals surface area contributed by atoms with E-state index < -0.39 is 0 Å². The number of nitrogen functional groups attached to an aromatic ring is 1. The third-order valence-electron chi connectivity index (χ3n) is 4.26. The summed E-state index contributed by atoms with van der Waals surface area (Å²) < 4.78 is 1.55. The Morgan fingerprint density at radius 2 is 2.00 bits per heavy atom. The van der Waals surface area contributed by atoms with Crippen LogP contribution in [0.3, 0.4) is 0 Å². The van der Waals surface area contributed by atoms with Crippen molar-refractivity contribution in [3.8, 4) is 0 Å². The fraction of sp³-hybridized carbons (Fsp3) is 0.294. The first-order valence-electron chi connectivity index (χ1n) is 7.93. The third kappa shape index (κ3) is 3.45. The number of nitrogens with two attached hydrogens (primary N) is 1. The quantitative estimate of drug-likeness (QED) is 0.736. The number of anilines is 1. The molecule has 1 aromatic carbocycles. The van der Waals surface area contributed by atoms with Crippen molar-refractivity contribution >= 4 is 40.8 Å². The lowest BCUT2D eigenvalue weighted by Crippen LogP contribution is -2.28. The van der Waals surface area contributed by atoms with E-state index in [0.717, 1.165) is 22.5 Å². The standard InChI is InChI=1S/C17H18Cl2N6O/c1-9-12(10(2)25-17(21-9)22-16(20)23-25)7-14(26)24(3)8-11-5-4-6-13(18)15(11)19/h4-6H,7-8H2,1-3H3,(H2,20,23). The topological polar surface area (TPSA) is 89.4 Å². The number of amides is 1. The van der Waals surface area contributed by atoms with Crippen LogP contribution in [-0.2, 0) is 17.8 Å². The van der Waals surface area contributed by atoms with Crippen LogP contribution in [0.25, 0.3) is 5.78 Å². The highest BCUT2D eigenvalue weighted by Gasteiger charge is 2.18. The number of hydrogen-bond acceptors (Lipinski definition) is 5. The number of likely N-dealkylation sites (N-methyl/N-ethyl adjacent to an activating group) is 1. The van der Waals surface area contributed by atoms with Crippen molar-refractivity contribution in [2.45, 2.75) is 26.8 Å². The van der Waals surface area contributed by atoms with E-state index >= 15 is 0 Å². The highest BCUT2D eigenvalue weighted by atomic mass is 35.5. The van der Waals surface area contributed by atoms with Crippen LogP contribution >= 0.6 is 23.2 Å². The van der Waals surface area contributed by atoms with Crippen LogP contribution in [0, 0.1) is 13.8 Å². The number of nitrogens with zero attached hydrogens (tertiary/aromatic N) is 5. The van der Waals surface area contributed by atoms with Crippen molar-refractivity contribution < 1.29 is 4.79 Å². The summed E-state index contributed by atoms with van der Waals surface area (Å²) in [6.45, 7) is 4.07. The van der Waals surface area contributed by atoms with Crippen LogP contribution in [0.15, 0.2) is 18.2 Å². The summed E-state index contributed by atoms with van der Waals surface area (Å²) >= 11 is 12.2. The van der Waals surface area contributed by atoms with Crippen LogP contribution in [-0.4, -0.2) is 37.4 Å². The minimum atomic E-state index is -0.0681. The van der Waals surface area contributed by atoms with Crippen molar-refractivity contribution in [3.63, 3.8) is 0 Å². The molecule has 0 bridgehead atoms. The van der Waals surface area contributed by atoms with Gasteiger partial charge in [-0.15, -0.1) is 5.10 Å². The molecule has 2 aromatic heterocycles. The normalized spacial score (nSPS) is 11.1. The number of benzene rings is 1. The van der Waals surface area contributed by atoms with Gasteiger partial charge in [-0.05, 0) is 25.5 Å². The SMILES string of the molecule is Cc1nc2nc(N)nn2c(C)c1CC(=O)N(C)Cc1cccc(Cl)c1Cl. The molecule has 0 aliphatic rings. The fourth-order valence-corrected chi connectivity index (χ4v) is 3.16. The molecule has 1 amide bonds. The van der Waals surface area contributed by atoms with Gasteiger partial charge < -0.3 is 10.6 Å². The van der Waals surface area contributed by atoms with E-state index in [-0.39, 0.29) is 18.3 Å². The zero-order valence-electron chi connectivity index (χ0n) is 14.6. The van der Waals surface area contributed by atoms with Gasteiger partial charge in [0.2, 0.25) is 11.9 Å². The van der Waals surface area contributed by atoms with Crippen LogP contribution in [0.4, 0.5) is 5.95 Å². The number of hydrogen-bond donors (Lipinski definition) is 1. The van der Waals surface area contributed by atoms with E-state index in [4.69, 9.17) is 28.9 Å². The Balaban J connectivity index is 1.83. The molecule has 9 heteroatoms. The van der Waals surface area contributed by atoms with Gasteiger partial charge in [0.1, 0.15) is 0 Å². The van der Waals surface area contributed by atoms with Gasteiger partial charge in [-0.3, -0.25) is 4.79 Å². The number of rotatable bonds is 4. The lowest BCUT2D eigenvalue weighted by molar-refractivity contribution is -0.129. The summed E-state index contributed by atoms with van der Waals surface area (Å²) in [5, 5.41) is 5.05. The van der Waals surface area contributed by atoms with Gasteiger partial charge in [-0.1, -0.05) is 35.3 Å². The summed E-state index contributed by atoms with van der Waals surface area (Å²) in [7, 11) is 1.73. The highest BCUT2D eigenvalue weighted by molar-refractivity contribution is 6.42. The molecule has 0 fully saturated rings. The maximum atomic E-state index is 12.7. The van der Waals surface area contributed by atoms with Crippen LogP contribution < -0.4 is 5.73 Å². The Kier molecular flexibility index (Phi) is 5.02. The largest absolute Gasteiger partial charge is 0.366 e. The number of carbonyl (C=O) groups excluding carboxylic acids is 1. The van der Waals surface area contributed by atoms with Crippen LogP contribution in [0.1, 0.15) is 22.5 Å². The third-order valence-corrected chi connectivity index (χ3v) is 5.12.